The normalized spacial score (nSPS) is 25.6. The molecule has 0 bridgehead atoms. The molecular weight excluding hydrogens is 294 g/mol. The van der Waals surface area contributed by atoms with E-state index in [0.29, 0.717) is 16.5 Å². The van der Waals surface area contributed by atoms with Gasteiger partial charge in [-0.2, -0.15) is 11.8 Å². The Hall–Kier alpha value is -0.580. The van der Waals surface area contributed by atoms with Crippen molar-refractivity contribution in [2.75, 3.05) is 23.8 Å². The Morgan fingerprint density at radius 3 is 2.90 bits per heavy atom. The molecule has 1 aromatic rings. The number of rotatable bonds is 2. The van der Waals surface area contributed by atoms with Gasteiger partial charge >= 0.3 is 0 Å². The second-order valence-electron chi connectivity index (χ2n) is 5.53. The van der Waals surface area contributed by atoms with Crippen molar-refractivity contribution >= 4 is 29.1 Å². The molecule has 0 aromatic heterocycles. The summed E-state index contributed by atoms with van der Waals surface area (Å²) >= 11 is 8.20. The van der Waals surface area contributed by atoms with Gasteiger partial charge in [-0.15, -0.1) is 0 Å². The molecule has 2 aliphatic heterocycles. The molecule has 0 saturated carbocycles. The molecule has 0 radical (unpaired) electrons. The molecule has 2 N–H and O–H groups in total. The van der Waals surface area contributed by atoms with Gasteiger partial charge < -0.3 is 15.2 Å². The van der Waals surface area contributed by atoms with E-state index >= 15 is 0 Å². The number of thioether (sulfide) groups is 1. The standard InChI is InChI=1S/C15H20ClNO2S/c16-12-2-1-3-13(17)14(12)19-11-4-7-18-15(10-11)5-8-20-9-6-15/h1-3,11H,4-10,17H2. The van der Waals surface area contributed by atoms with Gasteiger partial charge in [0.25, 0.3) is 0 Å². The molecular formula is C15H20ClNO2S. The lowest BCUT2D eigenvalue weighted by molar-refractivity contribution is -0.116. The second kappa shape index (κ2) is 6.04. The molecule has 3 rings (SSSR count). The van der Waals surface area contributed by atoms with Crippen molar-refractivity contribution in [3.63, 3.8) is 0 Å². The third-order valence-electron chi connectivity index (χ3n) is 4.13. The number of para-hydroxylation sites is 1. The van der Waals surface area contributed by atoms with E-state index in [2.05, 4.69) is 0 Å². The highest BCUT2D eigenvalue weighted by atomic mass is 35.5. The molecule has 2 aliphatic rings. The van der Waals surface area contributed by atoms with Crippen molar-refractivity contribution < 1.29 is 9.47 Å². The van der Waals surface area contributed by atoms with Crippen LogP contribution in [0.2, 0.25) is 5.02 Å². The highest BCUT2D eigenvalue weighted by molar-refractivity contribution is 7.99. The Bertz CT molecular complexity index is 451. The summed E-state index contributed by atoms with van der Waals surface area (Å²) in [5.74, 6) is 2.99. The quantitative estimate of drug-likeness (QED) is 0.845. The lowest BCUT2D eigenvalue weighted by atomic mass is 9.86. The van der Waals surface area contributed by atoms with Gasteiger partial charge in [-0.1, -0.05) is 17.7 Å². The van der Waals surface area contributed by atoms with E-state index in [1.807, 2.05) is 30.0 Å². The van der Waals surface area contributed by atoms with Crippen LogP contribution in [0.1, 0.15) is 25.7 Å². The highest BCUT2D eigenvalue weighted by Crippen LogP contribution is 2.40. The van der Waals surface area contributed by atoms with E-state index in [-0.39, 0.29) is 11.7 Å². The van der Waals surface area contributed by atoms with E-state index < -0.39 is 0 Å². The fourth-order valence-corrected chi connectivity index (χ4v) is 4.45. The third-order valence-corrected chi connectivity index (χ3v) is 5.42. The van der Waals surface area contributed by atoms with Crippen LogP contribution in [0.25, 0.3) is 0 Å². The van der Waals surface area contributed by atoms with Gasteiger partial charge in [0.2, 0.25) is 0 Å². The molecule has 1 unspecified atom stereocenters. The van der Waals surface area contributed by atoms with Gasteiger partial charge in [-0.05, 0) is 36.5 Å². The molecule has 0 amide bonds. The van der Waals surface area contributed by atoms with E-state index in [0.717, 1.165) is 32.3 Å². The minimum absolute atomic E-state index is 0.0180. The fraction of sp³-hybridized carbons (Fsp3) is 0.600. The zero-order chi connectivity index (χ0) is 14.0. The van der Waals surface area contributed by atoms with Crippen LogP contribution in [0.3, 0.4) is 0 Å². The molecule has 2 heterocycles. The molecule has 1 aromatic carbocycles. The molecule has 3 nitrogen and oxygen atoms in total. The lowest BCUT2D eigenvalue weighted by Gasteiger charge is -2.43. The van der Waals surface area contributed by atoms with E-state index in [1.54, 1.807) is 0 Å². The number of halogens is 1. The maximum atomic E-state index is 6.19. The van der Waals surface area contributed by atoms with Gasteiger partial charge in [-0.3, -0.25) is 0 Å². The first-order valence-corrected chi connectivity index (χ1v) is 8.64. The highest BCUT2D eigenvalue weighted by Gasteiger charge is 2.39. The van der Waals surface area contributed by atoms with Crippen molar-refractivity contribution in [3.05, 3.63) is 23.2 Å². The molecule has 20 heavy (non-hydrogen) atoms. The van der Waals surface area contributed by atoms with E-state index in [1.165, 1.54) is 11.5 Å². The van der Waals surface area contributed by atoms with Crippen LogP contribution in [0.5, 0.6) is 5.75 Å². The number of nitrogen functional groups attached to an aromatic ring is 1. The SMILES string of the molecule is Nc1cccc(Cl)c1OC1CCOC2(CCSCC2)C1. The molecule has 2 saturated heterocycles. The summed E-state index contributed by atoms with van der Waals surface area (Å²) in [5.41, 5.74) is 6.59. The maximum absolute atomic E-state index is 6.19. The van der Waals surface area contributed by atoms with Gasteiger partial charge in [0.15, 0.2) is 5.75 Å². The van der Waals surface area contributed by atoms with Gasteiger partial charge in [0.05, 0.1) is 22.9 Å². The first-order valence-electron chi connectivity index (χ1n) is 7.11. The van der Waals surface area contributed by atoms with Crippen LogP contribution in [0, 0.1) is 0 Å². The molecule has 0 aliphatic carbocycles. The van der Waals surface area contributed by atoms with Gasteiger partial charge in [0.1, 0.15) is 6.10 Å². The minimum Gasteiger partial charge on any atom is -0.486 e. The summed E-state index contributed by atoms with van der Waals surface area (Å²) in [5, 5.41) is 0.588. The average molecular weight is 314 g/mol. The summed E-state index contributed by atoms with van der Waals surface area (Å²) in [4.78, 5) is 0. The number of ether oxygens (including phenoxy) is 2. The predicted octanol–water partition coefficient (Wildman–Crippen LogP) is 3.75. The zero-order valence-corrected chi connectivity index (χ0v) is 13.0. The van der Waals surface area contributed by atoms with Crippen molar-refractivity contribution in [2.24, 2.45) is 0 Å². The summed E-state index contributed by atoms with van der Waals surface area (Å²) in [7, 11) is 0. The first-order chi connectivity index (χ1) is 9.69. The monoisotopic (exact) mass is 313 g/mol. The minimum atomic E-state index is 0.0180. The predicted molar refractivity (Wildman–Crippen MR) is 84.8 cm³/mol. The number of hydrogen-bond acceptors (Lipinski definition) is 4. The van der Waals surface area contributed by atoms with Crippen LogP contribution >= 0.6 is 23.4 Å². The number of nitrogens with two attached hydrogens (primary N) is 1. The average Bonchev–Trinajstić information content (AvgIpc) is 2.44. The smallest absolute Gasteiger partial charge is 0.161 e. The van der Waals surface area contributed by atoms with Crippen LogP contribution in [-0.2, 0) is 4.74 Å². The zero-order valence-electron chi connectivity index (χ0n) is 11.4. The van der Waals surface area contributed by atoms with Gasteiger partial charge in [-0.25, -0.2) is 0 Å². The molecule has 1 atom stereocenters. The maximum Gasteiger partial charge on any atom is 0.161 e. The van der Waals surface area contributed by atoms with Crippen LogP contribution < -0.4 is 10.5 Å². The van der Waals surface area contributed by atoms with Crippen molar-refractivity contribution in [3.8, 4) is 5.75 Å². The van der Waals surface area contributed by atoms with E-state index in [9.17, 15) is 0 Å². The van der Waals surface area contributed by atoms with Crippen molar-refractivity contribution in [1.29, 1.82) is 0 Å². The summed E-state index contributed by atoms with van der Waals surface area (Å²) in [6.45, 7) is 0.764. The van der Waals surface area contributed by atoms with Crippen LogP contribution in [0.15, 0.2) is 18.2 Å². The van der Waals surface area contributed by atoms with Crippen LogP contribution in [0.4, 0.5) is 5.69 Å². The first kappa shape index (κ1) is 14.4. The Morgan fingerprint density at radius 2 is 2.15 bits per heavy atom. The summed E-state index contributed by atoms with van der Waals surface area (Å²) in [6, 6.07) is 5.49. The van der Waals surface area contributed by atoms with Crippen molar-refractivity contribution in [1.82, 2.24) is 0 Å². The Morgan fingerprint density at radius 1 is 1.35 bits per heavy atom. The van der Waals surface area contributed by atoms with Crippen molar-refractivity contribution in [2.45, 2.75) is 37.4 Å². The summed E-state index contributed by atoms with van der Waals surface area (Å²) < 4.78 is 12.2. The Kier molecular flexibility index (Phi) is 4.34. The topological polar surface area (TPSA) is 44.5 Å². The fourth-order valence-electron chi connectivity index (χ4n) is 2.99. The Balaban J connectivity index is 1.71. The number of anilines is 1. The molecule has 1 spiro atoms. The number of hydrogen-bond donors (Lipinski definition) is 1. The van der Waals surface area contributed by atoms with Gasteiger partial charge in [0, 0.05) is 12.8 Å². The lowest BCUT2D eigenvalue weighted by Crippen LogP contribution is -2.46. The summed E-state index contributed by atoms with van der Waals surface area (Å²) in [6.07, 6.45) is 4.23. The molecule has 5 heteroatoms. The molecule has 2 fully saturated rings. The molecule has 110 valence electrons. The largest absolute Gasteiger partial charge is 0.486 e. The Labute approximate surface area is 129 Å². The van der Waals surface area contributed by atoms with E-state index in [4.69, 9.17) is 26.8 Å². The second-order valence-corrected chi connectivity index (χ2v) is 7.17. The number of benzene rings is 1. The third kappa shape index (κ3) is 3.02. The van der Waals surface area contributed by atoms with Crippen LogP contribution in [-0.4, -0.2) is 29.8 Å².